The molecule has 3 rings (SSSR count). The minimum atomic E-state index is -0.919. The van der Waals surface area contributed by atoms with Crippen molar-refractivity contribution in [1.82, 2.24) is 19.8 Å². The number of phenols is 1. The number of carbonyl (C=O) groups excluding carboxylic acids is 2. The van der Waals surface area contributed by atoms with Crippen LogP contribution in [0.2, 0.25) is 0 Å². The standard InChI is InChI=1S/C35H52FN5O6/c1-23(2)32(39(7)47-22-27(37)18-24-8-11-26(36)12-9-24)34(46)38(6)29(20-25-10-13-30(42)28(19-25)35(3,4)5)33(45)41-16-14-40(15-17-41)21-31(43)44/h8-13,19,23,27,29,32,42H,14-18,20-22,37H2,1-7H3,(H,43,44)/t27-,29-,32-/m0/s1. The highest BCUT2D eigenvalue weighted by atomic mass is 19.1. The third-order valence-corrected chi connectivity index (χ3v) is 8.62. The van der Waals surface area contributed by atoms with Crippen molar-refractivity contribution in [3.63, 3.8) is 0 Å². The second-order valence-corrected chi connectivity index (χ2v) is 13.9. The molecule has 2 amide bonds. The number of aromatic hydroxyl groups is 1. The van der Waals surface area contributed by atoms with Crippen molar-refractivity contribution in [3.05, 3.63) is 65.0 Å². The van der Waals surface area contributed by atoms with Crippen LogP contribution < -0.4 is 5.73 Å². The number of nitrogens with two attached hydrogens (primary N) is 1. The van der Waals surface area contributed by atoms with Gasteiger partial charge in [-0.2, -0.15) is 5.06 Å². The number of halogens is 1. The second-order valence-electron chi connectivity index (χ2n) is 13.9. The van der Waals surface area contributed by atoms with Crippen LogP contribution in [0.25, 0.3) is 0 Å². The van der Waals surface area contributed by atoms with Crippen molar-refractivity contribution >= 4 is 17.8 Å². The molecule has 1 fully saturated rings. The molecule has 1 aliphatic rings. The maximum absolute atomic E-state index is 14.2. The number of benzene rings is 2. The van der Waals surface area contributed by atoms with Crippen molar-refractivity contribution in [2.45, 2.75) is 71.0 Å². The summed E-state index contributed by atoms with van der Waals surface area (Å²) in [5, 5.41) is 21.2. The monoisotopic (exact) mass is 657 g/mol. The lowest BCUT2D eigenvalue weighted by Gasteiger charge is -2.40. The Morgan fingerprint density at radius 1 is 0.979 bits per heavy atom. The first kappa shape index (κ1) is 37.9. The van der Waals surface area contributed by atoms with Crippen molar-refractivity contribution in [2.24, 2.45) is 11.7 Å². The van der Waals surface area contributed by atoms with Crippen LogP contribution in [0.3, 0.4) is 0 Å². The largest absolute Gasteiger partial charge is 0.508 e. The van der Waals surface area contributed by atoms with E-state index in [0.717, 1.165) is 16.7 Å². The Hall–Kier alpha value is -3.58. The number of carboxylic acid groups (broad SMARTS) is 1. The third kappa shape index (κ3) is 10.7. The van der Waals surface area contributed by atoms with Crippen LogP contribution in [0.4, 0.5) is 4.39 Å². The van der Waals surface area contributed by atoms with E-state index in [2.05, 4.69) is 0 Å². The molecule has 2 aromatic rings. The molecular weight excluding hydrogens is 605 g/mol. The quantitative estimate of drug-likeness (QED) is 0.262. The Balaban J connectivity index is 1.82. The van der Waals surface area contributed by atoms with E-state index in [9.17, 15) is 29.0 Å². The molecule has 0 saturated carbocycles. The number of nitrogens with zero attached hydrogens (tertiary/aromatic N) is 4. The Morgan fingerprint density at radius 2 is 1.57 bits per heavy atom. The van der Waals surface area contributed by atoms with E-state index in [1.165, 1.54) is 22.1 Å². The van der Waals surface area contributed by atoms with Gasteiger partial charge in [-0.1, -0.05) is 58.9 Å². The molecule has 0 unspecified atom stereocenters. The highest BCUT2D eigenvalue weighted by molar-refractivity contribution is 5.90. The third-order valence-electron chi connectivity index (χ3n) is 8.62. The van der Waals surface area contributed by atoms with Crippen molar-refractivity contribution < 1.29 is 33.8 Å². The lowest BCUT2D eigenvalue weighted by molar-refractivity contribution is -0.192. The van der Waals surface area contributed by atoms with E-state index >= 15 is 0 Å². The fourth-order valence-corrected chi connectivity index (χ4v) is 5.95. The summed E-state index contributed by atoms with van der Waals surface area (Å²) in [6, 6.07) is 9.41. The maximum Gasteiger partial charge on any atom is 0.317 e. The number of piperazine rings is 1. The lowest BCUT2D eigenvalue weighted by Crippen LogP contribution is -2.59. The molecule has 12 heteroatoms. The van der Waals surface area contributed by atoms with Crippen LogP contribution in [0.1, 0.15) is 51.3 Å². The molecule has 0 aromatic heterocycles. The fourth-order valence-electron chi connectivity index (χ4n) is 5.95. The number of amides is 2. The fraction of sp³-hybridized carbons (Fsp3) is 0.571. The van der Waals surface area contributed by atoms with Crippen LogP contribution in [0.15, 0.2) is 42.5 Å². The van der Waals surface area contributed by atoms with Gasteiger partial charge in [0.25, 0.3) is 0 Å². The molecule has 1 saturated heterocycles. The van der Waals surface area contributed by atoms with E-state index < -0.39 is 24.1 Å². The van der Waals surface area contributed by atoms with E-state index in [0.29, 0.717) is 32.6 Å². The van der Waals surface area contributed by atoms with Crippen LogP contribution in [-0.4, -0.2) is 119 Å². The average molecular weight is 658 g/mol. The smallest absolute Gasteiger partial charge is 0.317 e. The zero-order valence-electron chi connectivity index (χ0n) is 28.8. The molecule has 2 aromatic carbocycles. The molecule has 4 N–H and O–H groups in total. The van der Waals surface area contributed by atoms with E-state index in [1.807, 2.05) is 40.7 Å². The predicted molar refractivity (Wildman–Crippen MR) is 178 cm³/mol. The minimum absolute atomic E-state index is 0.0943. The SMILES string of the molecule is CC(C)[C@@H](C(=O)N(C)[C@@H](Cc1ccc(O)c(C(C)(C)C)c1)C(=O)N1CCN(CC(=O)O)CC1)N(C)OC[C@@H](N)Cc1ccc(F)cc1. The van der Waals surface area contributed by atoms with Crippen molar-refractivity contribution in [3.8, 4) is 5.75 Å². The number of hydrogen-bond donors (Lipinski definition) is 3. The summed E-state index contributed by atoms with van der Waals surface area (Å²) < 4.78 is 13.3. The first-order valence-electron chi connectivity index (χ1n) is 16.2. The molecule has 47 heavy (non-hydrogen) atoms. The van der Waals surface area contributed by atoms with Crippen LogP contribution in [-0.2, 0) is 37.5 Å². The van der Waals surface area contributed by atoms with Gasteiger partial charge in [-0.3, -0.25) is 24.1 Å². The maximum atomic E-state index is 14.2. The number of carboxylic acids is 1. The zero-order valence-corrected chi connectivity index (χ0v) is 28.8. The normalized spacial score (nSPS) is 16.3. The van der Waals surface area contributed by atoms with Gasteiger partial charge in [-0.25, -0.2) is 4.39 Å². The summed E-state index contributed by atoms with van der Waals surface area (Å²) in [6.45, 7) is 11.3. The number of hydrogen-bond acceptors (Lipinski definition) is 8. The summed E-state index contributed by atoms with van der Waals surface area (Å²) in [7, 11) is 3.30. The number of likely N-dealkylation sites (N-methyl/N-ethyl adjacent to an activating group) is 2. The van der Waals surface area contributed by atoms with Gasteiger partial charge in [-0.15, -0.1) is 0 Å². The summed E-state index contributed by atoms with van der Waals surface area (Å²) in [6.07, 6.45) is 0.686. The van der Waals surface area contributed by atoms with E-state index in [4.69, 9.17) is 10.6 Å². The first-order chi connectivity index (χ1) is 22.0. The minimum Gasteiger partial charge on any atom is -0.508 e. The summed E-state index contributed by atoms with van der Waals surface area (Å²) >= 11 is 0. The van der Waals surface area contributed by atoms with Crippen molar-refractivity contribution in [2.75, 3.05) is 53.4 Å². The Kier molecular flexibility index (Phi) is 13.3. The Bertz CT molecular complexity index is 1360. The highest BCUT2D eigenvalue weighted by Gasteiger charge is 2.38. The molecule has 0 aliphatic carbocycles. The number of phenolic OH excluding ortho intramolecular Hbond substituents is 1. The molecule has 1 heterocycles. The van der Waals surface area contributed by atoms with Gasteiger partial charge in [0.15, 0.2) is 0 Å². The molecule has 260 valence electrons. The molecule has 1 aliphatic heterocycles. The number of aliphatic carboxylic acids is 1. The van der Waals surface area contributed by atoms with Crippen LogP contribution in [0, 0.1) is 11.7 Å². The van der Waals surface area contributed by atoms with Gasteiger partial charge in [0, 0.05) is 52.7 Å². The first-order valence-corrected chi connectivity index (χ1v) is 16.2. The molecule has 0 spiro atoms. The van der Waals surface area contributed by atoms with Gasteiger partial charge >= 0.3 is 5.97 Å². The van der Waals surface area contributed by atoms with Gasteiger partial charge in [0.05, 0.1) is 13.2 Å². The van der Waals surface area contributed by atoms with E-state index in [-0.39, 0.29) is 54.3 Å². The Morgan fingerprint density at radius 3 is 2.13 bits per heavy atom. The number of rotatable bonds is 14. The molecule has 3 atom stereocenters. The number of hydroxylamine groups is 2. The van der Waals surface area contributed by atoms with Crippen LogP contribution >= 0.6 is 0 Å². The van der Waals surface area contributed by atoms with Gasteiger partial charge in [0.2, 0.25) is 11.8 Å². The summed E-state index contributed by atoms with van der Waals surface area (Å²) in [5.41, 5.74) is 8.37. The van der Waals surface area contributed by atoms with Gasteiger partial charge in [0.1, 0.15) is 23.7 Å². The van der Waals surface area contributed by atoms with Crippen molar-refractivity contribution in [1.29, 1.82) is 0 Å². The van der Waals surface area contributed by atoms with Gasteiger partial charge < -0.3 is 25.7 Å². The summed E-state index contributed by atoms with van der Waals surface area (Å²) in [4.78, 5) is 50.5. The lowest BCUT2D eigenvalue weighted by atomic mass is 9.84. The second kappa shape index (κ2) is 16.5. The van der Waals surface area contributed by atoms with Crippen LogP contribution in [0.5, 0.6) is 5.75 Å². The van der Waals surface area contributed by atoms with E-state index in [1.54, 1.807) is 48.2 Å². The summed E-state index contributed by atoms with van der Waals surface area (Å²) in [5.74, 6) is -1.78. The molecule has 0 bridgehead atoms. The highest BCUT2D eigenvalue weighted by Crippen LogP contribution is 2.32. The molecular formula is C35H52FN5O6. The average Bonchev–Trinajstić information content (AvgIpc) is 2.99. The topological polar surface area (TPSA) is 140 Å². The molecule has 11 nitrogen and oxygen atoms in total. The van der Waals surface area contributed by atoms with Gasteiger partial charge in [-0.05, 0) is 52.6 Å². The molecule has 0 radical (unpaired) electrons. The number of carbonyl (C=O) groups is 3. The Labute approximate surface area is 278 Å². The zero-order chi connectivity index (χ0) is 35.1. The predicted octanol–water partition coefficient (Wildman–Crippen LogP) is 2.89.